The van der Waals surface area contributed by atoms with Crippen molar-refractivity contribution in [3.8, 4) is 0 Å². The predicted octanol–water partition coefficient (Wildman–Crippen LogP) is 5.41. The molecule has 0 spiro atoms. The van der Waals surface area contributed by atoms with Gasteiger partial charge in [-0.3, -0.25) is 4.90 Å². The molecule has 3 aromatic carbocycles. The molecule has 0 bridgehead atoms. The molecule has 1 unspecified atom stereocenters. The van der Waals surface area contributed by atoms with Gasteiger partial charge < -0.3 is 5.11 Å². The van der Waals surface area contributed by atoms with Crippen molar-refractivity contribution in [2.24, 2.45) is 0 Å². The Hall–Kier alpha value is -2.13. The van der Waals surface area contributed by atoms with Crippen molar-refractivity contribution < 1.29 is 5.11 Å². The van der Waals surface area contributed by atoms with E-state index < -0.39 is 5.60 Å². The van der Waals surface area contributed by atoms with Crippen molar-refractivity contribution in [1.82, 2.24) is 4.90 Å². The van der Waals surface area contributed by atoms with Gasteiger partial charge in [-0.15, -0.1) is 0 Å². The average molecular weight is 378 g/mol. The highest BCUT2D eigenvalue weighted by Crippen LogP contribution is 2.39. The number of hydrogen-bond donors (Lipinski definition) is 1. The third-order valence-corrected chi connectivity index (χ3v) is 5.96. The maximum atomic E-state index is 11.2. The van der Waals surface area contributed by atoms with Gasteiger partial charge in [-0.2, -0.15) is 0 Å². The smallest absolute Gasteiger partial charge is 0.0920 e. The minimum atomic E-state index is -0.751. The van der Waals surface area contributed by atoms with E-state index in [-0.39, 0.29) is 6.04 Å². The van der Waals surface area contributed by atoms with E-state index in [1.807, 2.05) is 54.6 Å². The van der Waals surface area contributed by atoms with Gasteiger partial charge >= 0.3 is 0 Å². The summed E-state index contributed by atoms with van der Waals surface area (Å²) in [7, 11) is 0. The number of halogens is 1. The van der Waals surface area contributed by atoms with Crippen LogP contribution in [0.15, 0.2) is 84.9 Å². The van der Waals surface area contributed by atoms with Gasteiger partial charge in [-0.1, -0.05) is 90.5 Å². The first-order chi connectivity index (χ1) is 13.2. The van der Waals surface area contributed by atoms with E-state index in [9.17, 15) is 5.11 Å². The summed E-state index contributed by atoms with van der Waals surface area (Å²) in [5, 5.41) is 12.0. The molecule has 3 aromatic rings. The summed E-state index contributed by atoms with van der Waals surface area (Å²) in [6.45, 7) is 1.63. The van der Waals surface area contributed by atoms with Gasteiger partial charge in [-0.05, 0) is 35.6 Å². The fourth-order valence-corrected chi connectivity index (χ4v) is 4.35. The lowest BCUT2D eigenvalue weighted by atomic mass is 9.83. The van der Waals surface area contributed by atoms with Crippen LogP contribution < -0.4 is 0 Å². The van der Waals surface area contributed by atoms with E-state index in [1.54, 1.807) is 0 Å². The number of piperidine rings is 1. The second kappa shape index (κ2) is 7.85. The Morgan fingerprint density at radius 3 is 1.96 bits per heavy atom. The second-order valence-corrected chi connectivity index (χ2v) is 7.68. The van der Waals surface area contributed by atoms with E-state index in [0.717, 1.165) is 29.2 Å². The van der Waals surface area contributed by atoms with Crippen LogP contribution in [0.3, 0.4) is 0 Å². The monoisotopic (exact) mass is 377 g/mol. The molecular formula is C24H24ClNO. The number of hydrogen-bond acceptors (Lipinski definition) is 2. The molecule has 1 N–H and O–H groups in total. The van der Waals surface area contributed by atoms with Crippen molar-refractivity contribution >= 4 is 11.6 Å². The first kappa shape index (κ1) is 18.2. The summed E-state index contributed by atoms with van der Waals surface area (Å²) in [5.74, 6) is 0. The van der Waals surface area contributed by atoms with E-state index in [0.29, 0.717) is 12.8 Å². The SMILES string of the molecule is OC1(c2ccccc2)CCN(C(c2ccccc2)c2ccccc2Cl)CC1. The molecule has 1 fully saturated rings. The van der Waals surface area contributed by atoms with Crippen molar-refractivity contribution in [1.29, 1.82) is 0 Å². The first-order valence-corrected chi connectivity index (χ1v) is 9.86. The topological polar surface area (TPSA) is 23.5 Å². The number of nitrogens with zero attached hydrogens (tertiary/aromatic N) is 1. The quantitative estimate of drug-likeness (QED) is 0.656. The minimum Gasteiger partial charge on any atom is -0.385 e. The Bertz CT molecular complexity index is 873. The Morgan fingerprint density at radius 1 is 0.778 bits per heavy atom. The summed E-state index contributed by atoms with van der Waals surface area (Å²) in [6, 6.07) is 28.7. The third-order valence-electron chi connectivity index (χ3n) is 5.62. The predicted molar refractivity (Wildman–Crippen MR) is 111 cm³/mol. The summed E-state index contributed by atoms with van der Waals surface area (Å²) in [6.07, 6.45) is 1.43. The summed E-state index contributed by atoms with van der Waals surface area (Å²) < 4.78 is 0. The van der Waals surface area contributed by atoms with E-state index in [1.165, 1.54) is 5.56 Å². The maximum Gasteiger partial charge on any atom is 0.0920 e. The molecule has 0 aromatic heterocycles. The standard InChI is InChI=1S/C24H24ClNO/c25-22-14-8-7-13-21(22)23(19-9-3-1-4-10-19)26-17-15-24(27,16-18-26)20-11-5-2-6-12-20/h1-14,23,27H,15-18H2. The summed E-state index contributed by atoms with van der Waals surface area (Å²) in [5.41, 5.74) is 2.62. The van der Waals surface area contributed by atoms with Crippen LogP contribution in [0.4, 0.5) is 0 Å². The summed E-state index contributed by atoms with van der Waals surface area (Å²) >= 11 is 6.56. The van der Waals surface area contributed by atoms with Crippen molar-refractivity contribution in [3.63, 3.8) is 0 Å². The van der Waals surface area contributed by atoms with Gasteiger partial charge in [0.1, 0.15) is 0 Å². The molecule has 1 heterocycles. The van der Waals surface area contributed by atoms with Crippen LogP contribution >= 0.6 is 11.6 Å². The van der Waals surface area contributed by atoms with Gasteiger partial charge in [0.25, 0.3) is 0 Å². The van der Waals surface area contributed by atoms with Gasteiger partial charge in [0.15, 0.2) is 0 Å². The highest BCUT2D eigenvalue weighted by Gasteiger charge is 2.37. The highest BCUT2D eigenvalue weighted by atomic mass is 35.5. The lowest BCUT2D eigenvalue weighted by Crippen LogP contribution is -2.44. The van der Waals surface area contributed by atoms with E-state index >= 15 is 0 Å². The van der Waals surface area contributed by atoms with Crippen LogP contribution in [0.5, 0.6) is 0 Å². The van der Waals surface area contributed by atoms with Crippen LogP contribution in [0.25, 0.3) is 0 Å². The number of rotatable bonds is 4. The second-order valence-electron chi connectivity index (χ2n) is 7.27. The van der Waals surface area contributed by atoms with Crippen molar-refractivity contribution in [3.05, 3.63) is 107 Å². The highest BCUT2D eigenvalue weighted by molar-refractivity contribution is 6.31. The molecule has 138 valence electrons. The van der Waals surface area contributed by atoms with Crippen LogP contribution in [0, 0.1) is 0 Å². The molecule has 2 nitrogen and oxygen atoms in total. The fraction of sp³-hybridized carbons (Fsp3) is 0.250. The molecule has 3 heteroatoms. The molecule has 1 aliphatic rings. The molecule has 0 radical (unpaired) electrons. The minimum absolute atomic E-state index is 0.0974. The largest absolute Gasteiger partial charge is 0.385 e. The number of aliphatic hydroxyl groups is 1. The molecule has 1 atom stereocenters. The van der Waals surface area contributed by atoms with Crippen LogP contribution in [-0.4, -0.2) is 23.1 Å². The van der Waals surface area contributed by atoms with Gasteiger partial charge in [0, 0.05) is 18.1 Å². The molecule has 0 saturated carbocycles. The normalized spacial score (nSPS) is 18.1. The van der Waals surface area contributed by atoms with Crippen LogP contribution in [0.1, 0.15) is 35.6 Å². The van der Waals surface area contributed by atoms with Gasteiger partial charge in [-0.25, -0.2) is 0 Å². The number of benzene rings is 3. The van der Waals surface area contributed by atoms with E-state index in [4.69, 9.17) is 11.6 Å². The zero-order valence-electron chi connectivity index (χ0n) is 15.3. The summed E-state index contributed by atoms with van der Waals surface area (Å²) in [4.78, 5) is 2.44. The van der Waals surface area contributed by atoms with Crippen molar-refractivity contribution in [2.45, 2.75) is 24.5 Å². The van der Waals surface area contributed by atoms with Crippen molar-refractivity contribution in [2.75, 3.05) is 13.1 Å². The maximum absolute atomic E-state index is 11.2. The molecular weight excluding hydrogens is 354 g/mol. The Kier molecular flexibility index (Phi) is 5.31. The Balaban J connectivity index is 1.62. The zero-order valence-corrected chi connectivity index (χ0v) is 16.0. The molecule has 1 aliphatic heterocycles. The van der Waals surface area contributed by atoms with Crippen LogP contribution in [0.2, 0.25) is 5.02 Å². The number of likely N-dealkylation sites (tertiary alicyclic amines) is 1. The third kappa shape index (κ3) is 3.79. The Labute approximate surface area is 166 Å². The molecule has 1 saturated heterocycles. The first-order valence-electron chi connectivity index (χ1n) is 9.49. The lowest BCUT2D eigenvalue weighted by Gasteiger charge is -2.42. The average Bonchev–Trinajstić information content (AvgIpc) is 2.73. The molecule has 27 heavy (non-hydrogen) atoms. The van der Waals surface area contributed by atoms with Gasteiger partial charge in [0.05, 0.1) is 11.6 Å². The molecule has 4 rings (SSSR count). The Morgan fingerprint density at radius 2 is 1.33 bits per heavy atom. The van der Waals surface area contributed by atoms with E-state index in [2.05, 4.69) is 35.2 Å². The van der Waals surface area contributed by atoms with Crippen LogP contribution in [-0.2, 0) is 5.60 Å². The lowest BCUT2D eigenvalue weighted by molar-refractivity contribution is -0.0324. The molecule has 0 aliphatic carbocycles. The zero-order chi connectivity index (χ0) is 18.7. The van der Waals surface area contributed by atoms with Gasteiger partial charge in [0.2, 0.25) is 0 Å². The molecule has 0 amide bonds. The fourth-order valence-electron chi connectivity index (χ4n) is 4.11.